The zero-order valence-corrected chi connectivity index (χ0v) is 11.4. The lowest BCUT2D eigenvalue weighted by molar-refractivity contribution is 0.0963. The summed E-state index contributed by atoms with van der Waals surface area (Å²) in [7, 11) is 0. The third-order valence-electron chi connectivity index (χ3n) is 3.94. The molecule has 1 saturated heterocycles. The van der Waals surface area contributed by atoms with Gasteiger partial charge in [-0.25, -0.2) is 4.39 Å². The second kappa shape index (κ2) is 6.30. The van der Waals surface area contributed by atoms with Crippen LogP contribution in [0.2, 0.25) is 0 Å². The first-order chi connectivity index (χ1) is 8.69. The standard InChI is InChI=1S/C15H23FN2/c1-3-13(2)18-10-8-17(9-11-18)12-14-4-6-15(16)7-5-14/h4-7,13H,3,8-12H2,1-2H3/t13-/m0/s1. The van der Waals surface area contributed by atoms with Crippen molar-refractivity contribution in [1.82, 2.24) is 9.80 Å². The van der Waals surface area contributed by atoms with Gasteiger partial charge >= 0.3 is 0 Å². The zero-order valence-electron chi connectivity index (χ0n) is 11.4. The SMILES string of the molecule is CC[C@H](C)N1CCN(Cc2ccc(F)cc2)CC1. The molecular formula is C15H23FN2. The molecule has 100 valence electrons. The van der Waals surface area contributed by atoms with Crippen LogP contribution in [0.5, 0.6) is 0 Å². The van der Waals surface area contributed by atoms with Gasteiger partial charge in [0.25, 0.3) is 0 Å². The fraction of sp³-hybridized carbons (Fsp3) is 0.600. The van der Waals surface area contributed by atoms with Crippen molar-refractivity contribution in [1.29, 1.82) is 0 Å². The predicted octanol–water partition coefficient (Wildman–Crippen LogP) is 2.74. The fourth-order valence-corrected chi connectivity index (χ4v) is 2.47. The smallest absolute Gasteiger partial charge is 0.123 e. The molecule has 2 nitrogen and oxygen atoms in total. The molecule has 0 spiro atoms. The number of benzene rings is 1. The molecule has 0 aliphatic carbocycles. The fourth-order valence-electron chi connectivity index (χ4n) is 2.47. The third kappa shape index (κ3) is 3.53. The molecule has 1 aromatic carbocycles. The Kier molecular flexibility index (Phi) is 4.72. The van der Waals surface area contributed by atoms with E-state index in [0.717, 1.165) is 32.7 Å². The van der Waals surface area contributed by atoms with E-state index in [2.05, 4.69) is 23.6 Å². The van der Waals surface area contributed by atoms with E-state index in [0.29, 0.717) is 6.04 Å². The lowest BCUT2D eigenvalue weighted by Crippen LogP contribution is -2.48. The van der Waals surface area contributed by atoms with E-state index in [1.165, 1.54) is 12.0 Å². The number of nitrogens with zero attached hydrogens (tertiary/aromatic N) is 2. The quantitative estimate of drug-likeness (QED) is 0.810. The Balaban J connectivity index is 1.81. The van der Waals surface area contributed by atoms with Gasteiger partial charge < -0.3 is 0 Å². The summed E-state index contributed by atoms with van der Waals surface area (Å²) >= 11 is 0. The van der Waals surface area contributed by atoms with E-state index >= 15 is 0 Å². The van der Waals surface area contributed by atoms with Gasteiger partial charge in [-0.2, -0.15) is 0 Å². The molecule has 1 aliphatic rings. The molecule has 1 heterocycles. The lowest BCUT2D eigenvalue weighted by Gasteiger charge is -2.37. The normalized spacial score (nSPS) is 19.9. The molecule has 2 rings (SSSR count). The van der Waals surface area contributed by atoms with E-state index in [1.807, 2.05) is 12.1 Å². The summed E-state index contributed by atoms with van der Waals surface area (Å²) in [6, 6.07) is 7.56. The van der Waals surface area contributed by atoms with Crippen molar-refractivity contribution in [3.8, 4) is 0 Å². The second-order valence-corrected chi connectivity index (χ2v) is 5.20. The van der Waals surface area contributed by atoms with Crippen LogP contribution in [0.1, 0.15) is 25.8 Å². The highest BCUT2D eigenvalue weighted by molar-refractivity contribution is 5.15. The average molecular weight is 250 g/mol. The molecule has 1 fully saturated rings. The molecule has 0 aromatic heterocycles. The van der Waals surface area contributed by atoms with Crippen LogP contribution in [-0.4, -0.2) is 42.0 Å². The molecule has 18 heavy (non-hydrogen) atoms. The van der Waals surface area contributed by atoms with Crippen LogP contribution in [-0.2, 0) is 6.54 Å². The number of piperazine rings is 1. The van der Waals surface area contributed by atoms with Gasteiger partial charge in [-0.3, -0.25) is 9.80 Å². The Bertz CT molecular complexity index is 355. The summed E-state index contributed by atoms with van der Waals surface area (Å²) in [4.78, 5) is 5.01. The van der Waals surface area contributed by atoms with E-state index in [-0.39, 0.29) is 5.82 Å². The van der Waals surface area contributed by atoms with Gasteiger partial charge in [0.1, 0.15) is 5.82 Å². The van der Waals surface area contributed by atoms with Crippen molar-refractivity contribution >= 4 is 0 Å². The zero-order chi connectivity index (χ0) is 13.0. The van der Waals surface area contributed by atoms with Crippen LogP contribution in [0.15, 0.2) is 24.3 Å². The minimum atomic E-state index is -0.152. The van der Waals surface area contributed by atoms with Crippen molar-refractivity contribution in [2.75, 3.05) is 26.2 Å². The molecule has 0 saturated carbocycles. The van der Waals surface area contributed by atoms with Crippen molar-refractivity contribution in [2.24, 2.45) is 0 Å². The van der Waals surface area contributed by atoms with Gasteiger partial charge in [0.15, 0.2) is 0 Å². The summed E-state index contributed by atoms with van der Waals surface area (Å²) in [5.74, 6) is -0.152. The molecule has 0 N–H and O–H groups in total. The topological polar surface area (TPSA) is 6.48 Å². The van der Waals surface area contributed by atoms with Gasteiger partial charge in [-0.05, 0) is 31.0 Å². The summed E-state index contributed by atoms with van der Waals surface area (Å²) in [6.45, 7) is 10.0. The molecule has 0 bridgehead atoms. The van der Waals surface area contributed by atoms with Crippen LogP contribution in [0.4, 0.5) is 4.39 Å². The molecule has 1 aromatic rings. The van der Waals surface area contributed by atoms with Crippen molar-refractivity contribution in [3.05, 3.63) is 35.6 Å². The summed E-state index contributed by atoms with van der Waals surface area (Å²) < 4.78 is 12.8. The first kappa shape index (κ1) is 13.5. The Labute approximate surface area is 109 Å². The van der Waals surface area contributed by atoms with Crippen molar-refractivity contribution in [3.63, 3.8) is 0 Å². The van der Waals surface area contributed by atoms with E-state index in [4.69, 9.17) is 0 Å². The second-order valence-electron chi connectivity index (χ2n) is 5.20. The maximum absolute atomic E-state index is 12.8. The number of halogens is 1. The van der Waals surface area contributed by atoms with Gasteiger partial charge in [0.05, 0.1) is 0 Å². The molecule has 0 unspecified atom stereocenters. The van der Waals surface area contributed by atoms with E-state index < -0.39 is 0 Å². The number of hydrogen-bond donors (Lipinski definition) is 0. The van der Waals surface area contributed by atoms with Crippen LogP contribution < -0.4 is 0 Å². The van der Waals surface area contributed by atoms with Crippen LogP contribution >= 0.6 is 0 Å². The summed E-state index contributed by atoms with van der Waals surface area (Å²) in [5.41, 5.74) is 1.20. The van der Waals surface area contributed by atoms with Gasteiger partial charge in [-0.15, -0.1) is 0 Å². The molecule has 3 heteroatoms. The van der Waals surface area contributed by atoms with Crippen molar-refractivity contribution in [2.45, 2.75) is 32.9 Å². The van der Waals surface area contributed by atoms with E-state index in [1.54, 1.807) is 12.1 Å². The first-order valence-electron chi connectivity index (χ1n) is 6.90. The Morgan fingerprint density at radius 1 is 1.11 bits per heavy atom. The van der Waals surface area contributed by atoms with Gasteiger partial charge in [-0.1, -0.05) is 19.1 Å². The highest BCUT2D eigenvalue weighted by atomic mass is 19.1. The highest BCUT2D eigenvalue weighted by Crippen LogP contribution is 2.12. The maximum Gasteiger partial charge on any atom is 0.123 e. The minimum absolute atomic E-state index is 0.152. The predicted molar refractivity (Wildman–Crippen MR) is 73.0 cm³/mol. The minimum Gasteiger partial charge on any atom is -0.298 e. The molecule has 0 amide bonds. The Hall–Kier alpha value is -0.930. The lowest BCUT2D eigenvalue weighted by atomic mass is 10.1. The summed E-state index contributed by atoms with van der Waals surface area (Å²) in [5, 5.41) is 0. The molecular weight excluding hydrogens is 227 g/mol. The monoisotopic (exact) mass is 250 g/mol. The van der Waals surface area contributed by atoms with Crippen molar-refractivity contribution < 1.29 is 4.39 Å². The Morgan fingerprint density at radius 3 is 2.28 bits per heavy atom. The molecule has 1 atom stereocenters. The highest BCUT2D eigenvalue weighted by Gasteiger charge is 2.19. The molecule has 1 aliphatic heterocycles. The summed E-state index contributed by atoms with van der Waals surface area (Å²) in [6.07, 6.45) is 1.22. The van der Waals surface area contributed by atoms with E-state index in [9.17, 15) is 4.39 Å². The van der Waals surface area contributed by atoms with Crippen LogP contribution in [0.25, 0.3) is 0 Å². The number of rotatable bonds is 4. The van der Waals surface area contributed by atoms with Gasteiger partial charge in [0, 0.05) is 38.8 Å². The largest absolute Gasteiger partial charge is 0.298 e. The Morgan fingerprint density at radius 2 is 1.72 bits per heavy atom. The first-order valence-corrected chi connectivity index (χ1v) is 6.90. The number of hydrogen-bond acceptors (Lipinski definition) is 2. The van der Waals surface area contributed by atoms with Crippen LogP contribution in [0, 0.1) is 5.82 Å². The average Bonchev–Trinajstić information content (AvgIpc) is 2.41. The maximum atomic E-state index is 12.8. The van der Waals surface area contributed by atoms with Crippen LogP contribution in [0.3, 0.4) is 0 Å². The van der Waals surface area contributed by atoms with Gasteiger partial charge in [0.2, 0.25) is 0 Å². The molecule has 0 radical (unpaired) electrons. The third-order valence-corrected chi connectivity index (χ3v) is 3.94.